The SMILES string of the molecule is O=C(O)COc1ccc(C2(c3ccc(OCC(=O)O)c(-c4ccccc4)c3)c3ccccc3-c3ccccc32)cc1-c1ccccc1. The summed E-state index contributed by atoms with van der Waals surface area (Å²) < 4.78 is 11.6. The molecule has 1 aliphatic carbocycles. The minimum absolute atomic E-state index is 0.464. The minimum atomic E-state index is -1.05. The van der Waals surface area contributed by atoms with E-state index in [1.54, 1.807) is 0 Å². The Morgan fingerprint density at radius 3 is 1.26 bits per heavy atom. The van der Waals surface area contributed by atoms with E-state index in [1.807, 2.05) is 109 Å². The summed E-state index contributed by atoms with van der Waals surface area (Å²) in [5, 5.41) is 18.8. The molecule has 0 heterocycles. The van der Waals surface area contributed by atoms with Gasteiger partial charge in [0.25, 0.3) is 0 Å². The van der Waals surface area contributed by atoms with Gasteiger partial charge in [-0.3, -0.25) is 0 Å². The largest absolute Gasteiger partial charge is 0.481 e. The maximum Gasteiger partial charge on any atom is 0.341 e. The number of hydrogen-bond donors (Lipinski definition) is 2. The van der Waals surface area contributed by atoms with E-state index < -0.39 is 30.6 Å². The van der Waals surface area contributed by atoms with Crippen LogP contribution >= 0.6 is 0 Å². The molecule has 6 aromatic carbocycles. The third-order valence-electron chi connectivity index (χ3n) is 8.65. The van der Waals surface area contributed by atoms with Gasteiger partial charge in [0.1, 0.15) is 11.5 Å². The van der Waals surface area contributed by atoms with Crippen molar-refractivity contribution in [3.8, 4) is 44.9 Å². The van der Waals surface area contributed by atoms with Crippen LogP contribution in [-0.2, 0) is 15.0 Å². The van der Waals surface area contributed by atoms with Crippen LogP contribution in [0.4, 0.5) is 0 Å². The molecule has 0 bridgehead atoms. The van der Waals surface area contributed by atoms with Crippen LogP contribution in [0.15, 0.2) is 146 Å². The number of carboxylic acids is 2. The molecule has 0 spiro atoms. The Morgan fingerprint density at radius 2 is 0.851 bits per heavy atom. The van der Waals surface area contributed by atoms with E-state index in [2.05, 4.69) is 36.4 Å². The van der Waals surface area contributed by atoms with Crippen LogP contribution in [0.2, 0.25) is 0 Å². The van der Waals surface area contributed by atoms with E-state index in [0.717, 1.165) is 55.6 Å². The van der Waals surface area contributed by atoms with Crippen molar-refractivity contribution in [3.05, 3.63) is 168 Å². The van der Waals surface area contributed by atoms with E-state index in [0.29, 0.717) is 11.5 Å². The predicted molar refractivity (Wildman–Crippen MR) is 181 cm³/mol. The van der Waals surface area contributed by atoms with Crippen LogP contribution in [0.5, 0.6) is 11.5 Å². The molecule has 0 fully saturated rings. The first-order valence-corrected chi connectivity index (χ1v) is 15.3. The second-order valence-corrected chi connectivity index (χ2v) is 11.4. The van der Waals surface area contributed by atoms with E-state index in [9.17, 15) is 19.8 Å². The first-order valence-electron chi connectivity index (χ1n) is 15.3. The van der Waals surface area contributed by atoms with Crippen molar-refractivity contribution in [3.63, 3.8) is 0 Å². The van der Waals surface area contributed by atoms with Crippen molar-refractivity contribution in [2.45, 2.75) is 5.41 Å². The van der Waals surface area contributed by atoms with E-state index in [-0.39, 0.29) is 0 Å². The fourth-order valence-electron chi connectivity index (χ4n) is 6.77. The van der Waals surface area contributed by atoms with Gasteiger partial charge in [-0.25, -0.2) is 9.59 Å². The zero-order chi connectivity index (χ0) is 32.4. The monoisotopic (exact) mass is 618 g/mol. The highest BCUT2D eigenvalue weighted by Gasteiger charge is 2.46. The van der Waals surface area contributed by atoms with Gasteiger partial charge in [0.15, 0.2) is 13.2 Å². The molecule has 230 valence electrons. The Bertz CT molecular complexity index is 1950. The molecule has 0 atom stereocenters. The summed E-state index contributed by atoms with van der Waals surface area (Å²) in [7, 11) is 0. The van der Waals surface area contributed by atoms with Crippen LogP contribution in [0, 0.1) is 0 Å². The summed E-state index contributed by atoms with van der Waals surface area (Å²) in [4.78, 5) is 23.0. The van der Waals surface area contributed by atoms with Gasteiger partial charge in [-0.2, -0.15) is 0 Å². The fraction of sp³-hybridized carbons (Fsp3) is 0.0732. The molecule has 7 rings (SSSR count). The van der Waals surface area contributed by atoms with Crippen molar-refractivity contribution in [2.24, 2.45) is 0 Å². The molecule has 0 saturated carbocycles. The summed E-state index contributed by atoms with van der Waals surface area (Å²) in [6, 6.07) is 48.3. The lowest BCUT2D eigenvalue weighted by molar-refractivity contribution is -0.140. The highest BCUT2D eigenvalue weighted by molar-refractivity contribution is 5.88. The number of benzene rings is 6. The minimum Gasteiger partial charge on any atom is -0.481 e. The predicted octanol–water partition coefficient (Wildman–Crippen LogP) is 8.31. The standard InChI is InChI=1S/C41H30O6/c42-39(43)25-46-37-21-19-29(23-33(37)27-11-3-1-4-12-27)41(35-17-9-7-15-31(35)32-16-8-10-18-36(32)41)30-20-22-38(47-26-40(44)45)34(24-30)28-13-5-2-6-14-28/h1-24H,25-26H2,(H,42,43)(H,44,45). The third kappa shape index (κ3) is 5.30. The molecule has 0 radical (unpaired) electrons. The van der Waals surface area contributed by atoms with Gasteiger partial charge in [0.05, 0.1) is 5.41 Å². The van der Waals surface area contributed by atoms with Crippen LogP contribution < -0.4 is 9.47 Å². The van der Waals surface area contributed by atoms with Crippen molar-refractivity contribution in [2.75, 3.05) is 13.2 Å². The zero-order valence-electron chi connectivity index (χ0n) is 25.3. The summed E-state index contributed by atoms with van der Waals surface area (Å²) in [5.74, 6) is -1.16. The Morgan fingerprint density at radius 1 is 0.468 bits per heavy atom. The van der Waals surface area contributed by atoms with E-state index in [1.165, 1.54) is 0 Å². The van der Waals surface area contributed by atoms with Crippen molar-refractivity contribution in [1.82, 2.24) is 0 Å². The van der Waals surface area contributed by atoms with Crippen LogP contribution in [0.3, 0.4) is 0 Å². The van der Waals surface area contributed by atoms with Crippen molar-refractivity contribution < 1.29 is 29.3 Å². The van der Waals surface area contributed by atoms with Crippen molar-refractivity contribution >= 4 is 11.9 Å². The number of aliphatic carboxylic acids is 2. The molecule has 2 N–H and O–H groups in total. The Kier molecular flexibility index (Phi) is 7.76. The quantitative estimate of drug-likeness (QED) is 0.160. The molecule has 0 saturated heterocycles. The molecular formula is C41H30O6. The van der Waals surface area contributed by atoms with E-state index in [4.69, 9.17) is 9.47 Å². The van der Waals surface area contributed by atoms with Gasteiger partial charge in [-0.1, -0.05) is 121 Å². The summed E-state index contributed by atoms with van der Waals surface area (Å²) in [6.45, 7) is -0.928. The van der Waals surface area contributed by atoms with Crippen LogP contribution in [0.25, 0.3) is 33.4 Å². The first kappa shape index (κ1) is 29.6. The number of ether oxygens (including phenoxy) is 2. The molecule has 0 aromatic heterocycles. The Balaban J connectivity index is 1.54. The van der Waals surface area contributed by atoms with Gasteiger partial charge in [-0.15, -0.1) is 0 Å². The number of hydrogen-bond acceptors (Lipinski definition) is 4. The summed E-state index contributed by atoms with van der Waals surface area (Å²) in [5.41, 5.74) is 8.89. The molecular weight excluding hydrogens is 588 g/mol. The Labute approximate surface area is 272 Å². The molecule has 0 aliphatic heterocycles. The smallest absolute Gasteiger partial charge is 0.341 e. The van der Waals surface area contributed by atoms with Crippen LogP contribution in [0.1, 0.15) is 22.3 Å². The lowest BCUT2D eigenvalue weighted by atomic mass is 9.67. The van der Waals surface area contributed by atoms with E-state index >= 15 is 0 Å². The van der Waals surface area contributed by atoms with Gasteiger partial charge in [-0.05, 0) is 68.8 Å². The molecule has 0 unspecified atom stereocenters. The second kappa shape index (κ2) is 12.3. The lowest BCUT2D eigenvalue weighted by Crippen LogP contribution is -2.29. The molecule has 1 aliphatic rings. The zero-order valence-corrected chi connectivity index (χ0v) is 25.3. The summed E-state index contributed by atoms with van der Waals surface area (Å²) in [6.07, 6.45) is 0. The highest BCUT2D eigenvalue weighted by Crippen LogP contribution is 2.57. The normalized spacial score (nSPS) is 12.5. The summed E-state index contributed by atoms with van der Waals surface area (Å²) >= 11 is 0. The third-order valence-corrected chi connectivity index (χ3v) is 8.65. The maximum atomic E-state index is 11.5. The fourth-order valence-corrected chi connectivity index (χ4v) is 6.77. The average Bonchev–Trinajstić information content (AvgIpc) is 3.41. The first-order chi connectivity index (χ1) is 23.0. The van der Waals surface area contributed by atoms with Crippen molar-refractivity contribution in [1.29, 1.82) is 0 Å². The number of carboxylic acid groups (broad SMARTS) is 2. The average molecular weight is 619 g/mol. The number of fused-ring (bicyclic) bond motifs is 3. The van der Waals surface area contributed by atoms with Gasteiger partial charge >= 0.3 is 11.9 Å². The Hall–Kier alpha value is -6.14. The number of carbonyl (C=O) groups is 2. The molecule has 6 nitrogen and oxygen atoms in total. The second-order valence-electron chi connectivity index (χ2n) is 11.4. The molecule has 6 aromatic rings. The number of rotatable bonds is 10. The van der Waals surface area contributed by atoms with Gasteiger partial charge in [0.2, 0.25) is 0 Å². The highest BCUT2D eigenvalue weighted by atomic mass is 16.5. The molecule has 0 amide bonds. The topological polar surface area (TPSA) is 93.1 Å². The molecule has 47 heavy (non-hydrogen) atoms. The van der Waals surface area contributed by atoms with Gasteiger partial charge in [0, 0.05) is 11.1 Å². The van der Waals surface area contributed by atoms with Crippen LogP contribution in [-0.4, -0.2) is 35.4 Å². The lowest BCUT2D eigenvalue weighted by Gasteiger charge is -2.35. The van der Waals surface area contributed by atoms with Gasteiger partial charge < -0.3 is 19.7 Å². The maximum absolute atomic E-state index is 11.5. The molecule has 6 heteroatoms.